The fourth-order valence-corrected chi connectivity index (χ4v) is 1.44. The summed E-state index contributed by atoms with van der Waals surface area (Å²) in [6, 6.07) is 0. The minimum Gasteiger partial charge on any atom is -0.355 e. The Kier molecular flexibility index (Phi) is 14.0. The predicted molar refractivity (Wildman–Crippen MR) is 68.2 cm³/mol. The Labute approximate surface area is 101 Å². The number of rotatable bonds is 12. The van der Waals surface area contributed by atoms with Crippen molar-refractivity contribution in [1.29, 1.82) is 0 Å². The van der Waals surface area contributed by atoms with Crippen LogP contribution in [0.4, 0.5) is 0 Å². The van der Waals surface area contributed by atoms with E-state index in [1.165, 1.54) is 32.1 Å². The number of unbranched alkanes of at least 4 members (excludes halogenated alkanes) is 6. The molecular weight excluding hydrogens is 200 g/mol. The van der Waals surface area contributed by atoms with Gasteiger partial charge < -0.3 is 9.47 Å². The first-order chi connectivity index (χ1) is 7.91. The lowest BCUT2D eigenvalue weighted by Gasteiger charge is -2.05. The minimum absolute atomic E-state index is 0.416. The Morgan fingerprint density at radius 3 is 2.19 bits per heavy atom. The molecule has 0 aromatic heterocycles. The molecule has 16 heavy (non-hydrogen) atoms. The van der Waals surface area contributed by atoms with E-state index < -0.39 is 0 Å². The summed E-state index contributed by atoms with van der Waals surface area (Å²) in [7, 11) is 0. The standard InChI is InChI=1S/C14H26O2/c1-3-5-7-8-9-11-13-16-14-15-12-10-6-4-2/h2H,3,5-14H2,1H3. The van der Waals surface area contributed by atoms with E-state index in [0.717, 1.165) is 25.9 Å². The number of ether oxygens (including phenoxy) is 2. The number of hydrogen-bond acceptors (Lipinski definition) is 2. The fourth-order valence-electron chi connectivity index (χ4n) is 1.44. The van der Waals surface area contributed by atoms with Gasteiger partial charge in [0.1, 0.15) is 6.79 Å². The van der Waals surface area contributed by atoms with Gasteiger partial charge in [0.25, 0.3) is 0 Å². The van der Waals surface area contributed by atoms with Crippen molar-refractivity contribution in [1.82, 2.24) is 0 Å². The zero-order valence-electron chi connectivity index (χ0n) is 10.7. The second-order valence-electron chi connectivity index (χ2n) is 4.01. The maximum Gasteiger partial charge on any atom is 0.146 e. The minimum atomic E-state index is 0.416. The van der Waals surface area contributed by atoms with Crippen LogP contribution in [0.15, 0.2) is 0 Å². The van der Waals surface area contributed by atoms with Crippen molar-refractivity contribution in [2.75, 3.05) is 20.0 Å². The Morgan fingerprint density at radius 1 is 0.875 bits per heavy atom. The molecule has 2 heteroatoms. The Hall–Kier alpha value is -0.520. The smallest absolute Gasteiger partial charge is 0.146 e. The lowest BCUT2D eigenvalue weighted by Crippen LogP contribution is -2.02. The second kappa shape index (κ2) is 14.5. The molecule has 0 amide bonds. The van der Waals surface area contributed by atoms with Crippen molar-refractivity contribution in [3.8, 4) is 12.3 Å². The average Bonchev–Trinajstić information content (AvgIpc) is 2.31. The summed E-state index contributed by atoms with van der Waals surface area (Å²) in [4.78, 5) is 0. The molecule has 0 saturated carbocycles. The molecule has 0 N–H and O–H groups in total. The van der Waals surface area contributed by atoms with Crippen molar-refractivity contribution in [3.63, 3.8) is 0 Å². The van der Waals surface area contributed by atoms with E-state index in [9.17, 15) is 0 Å². The molecule has 0 aromatic carbocycles. The lowest BCUT2D eigenvalue weighted by atomic mass is 10.1. The Morgan fingerprint density at radius 2 is 1.50 bits per heavy atom. The van der Waals surface area contributed by atoms with Crippen LogP contribution in [0.25, 0.3) is 0 Å². The molecule has 0 aromatic rings. The lowest BCUT2D eigenvalue weighted by molar-refractivity contribution is -0.0549. The van der Waals surface area contributed by atoms with E-state index in [0.29, 0.717) is 13.4 Å². The van der Waals surface area contributed by atoms with Crippen LogP contribution in [0, 0.1) is 12.3 Å². The maximum atomic E-state index is 5.35. The van der Waals surface area contributed by atoms with Gasteiger partial charge in [-0.05, 0) is 12.8 Å². The molecule has 0 atom stereocenters. The molecule has 0 radical (unpaired) electrons. The first kappa shape index (κ1) is 15.5. The van der Waals surface area contributed by atoms with Gasteiger partial charge in [0, 0.05) is 13.0 Å². The van der Waals surface area contributed by atoms with E-state index in [1.54, 1.807) is 0 Å². The van der Waals surface area contributed by atoms with Crippen LogP contribution in [-0.2, 0) is 9.47 Å². The SMILES string of the molecule is C#CCCCOCOCCCCCCCC. The third-order valence-electron chi connectivity index (χ3n) is 2.42. The van der Waals surface area contributed by atoms with E-state index in [-0.39, 0.29) is 0 Å². The fraction of sp³-hybridized carbons (Fsp3) is 0.857. The summed E-state index contributed by atoms with van der Waals surface area (Å²) in [5.41, 5.74) is 0. The van der Waals surface area contributed by atoms with Gasteiger partial charge in [0.15, 0.2) is 0 Å². The normalized spacial score (nSPS) is 10.2. The number of terminal acetylenes is 1. The zero-order chi connectivity index (χ0) is 11.9. The monoisotopic (exact) mass is 226 g/mol. The van der Waals surface area contributed by atoms with Gasteiger partial charge >= 0.3 is 0 Å². The number of hydrogen-bond donors (Lipinski definition) is 0. The van der Waals surface area contributed by atoms with E-state index in [1.807, 2.05) is 0 Å². The summed E-state index contributed by atoms with van der Waals surface area (Å²) in [6.07, 6.45) is 14.6. The molecule has 0 spiro atoms. The quantitative estimate of drug-likeness (QED) is 0.287. The molecule has 0 rings (SSSR count). The van der Waals surface area contributed by atoms with Crippen molar-refractivity contribution < 1.29 is 9.47 Å². The zero-order valence-corrected chi connectivity index (χ0v) is 10.7. The molecule has 0 aliphatic rings. The highest BCUT2D eigenvalue weighted by Crippen LogP contribution is 2.04. The summed E-state index contributed by atoms with van der Waals surface area (Å²) in [6.45, 7) is 4.18. The van der Waals surface area contributed by atoms with Gasteiger partial charge in [-0.2, -0.15) is 0 Å². The summed E-state index contributed by atoms with van der Waals surface area (Å²) >= 11 is 0. The van der Waals surface area contributed by atoms with Crippen LogP contribution in [-0.4, -0.2) is 20.0 Å². The molecule has 94 valence electrons. The largest absolute Gasteiger partial charge is 0.355 e. The predicted octanol–water partition coefficient (Wildman–Crippen LogP) is 3.75. The molecular formula is C14H26O2. The molecule has 0 aliphatic heterocycles. The Bertz CT molecular complexity index is 161. The maximum absolute atomic E-state index is 5.35. The van der Waals surface area contributed by atoms with Crippen LogP contribution >= 0.6 is 0 Å². The highest BCUT2D eigenvalue weighted by molar-refractivity contribution is 4.82. The molecule has 0 aliphatic carbocycles. The van der Waals surface area contributed by atoms with Crippen LogP contribution < -0.4 is 0 Å². The van der Waals surface area contributed by atoms with E-state index in [4.69, 9.17) is 15.9 Å². The van der Waals surface area contributed by atoms with Crippen LogP contribution in [0.2, 0.25) is 0 Å². The van der Waals surface area contributed by atoms with Gasteiger partial charge in [0.05, 0.1) is 6.61 Å². The highest BCUT2D eigenvalue weighted by atomic mass is 16.7. The van der Waals surface area contributed by atoms with Gasteiger partial charge in [0.2, 0.25) is 0 Å². The van der Waals surface area contributed by atoms with Crippen molar-refractivity contribution in [2.45, 2.75) is 58.3 Å². The summed E-state index contributed by atoms with van der Waals surface area (Å²) in [5, 5.41) is 0. The van der Waals surface area contributed by atoms with E-state index in [2.05, 4.69) is 12.8 Å². The van der Waals surface area contributed by atoms with Gasteiger partial charge in [-0.15, -0.1) is 12.3 Å². The molecule has 0 unspecified atom stereocenters. The average molecular weight is 226 g/mol. The Balaban J connectivity index is 2.86. The second-order valence-corrected chi connectivity index (χ2v) is 4.01. The van der Waals surface area contributed by atoms with E-state index >= 15 is 0 Å². The topological polar surface area (TPSA) is 18.5 Å². The molecule has 0 saturated heterocycles. The third kappa shape index (κ3) is 13.5. The third-order valence-corrected chi connectivity index (χ3v) is 2.42. The van der Waals surface area contributed by atoms with Crippen LogP contribution in [0.5, 0.6) is 0 Å². The van der Waals surface area contributed by atoms with Gasteiger partial charge in [-0.3, -0.25) is 0 Å². The molecule has 0 fully saturated rings. The highest BCUT2D eigenvalue weighted by Gasteiger charge is 1.91. The van der Waals surface area contributed by atoms with Crippen LogP contribution in [0.1, 0.15) is 58.3 Å². The van der Waals surface area contributed by atoms with Gasteiger partial charge in [-0.25, -0.2) is 0 Å². The first-order valence-electron chi connectivity index (χ1n) is 6.50. The van der Waals surface area contributed by atoms with Crippen LogP contribution in [0.3, 0.4) is 0 Å². The van der Waals surface area contributed by atoms with Gasteiger partial charge in [-0.1, -0.05) is 39.0 Å². The summed E-state index contributed by atoms with van der Waals surface area (Å²) in [5.74, 6) is 2.58. The molecule has 0 heterocycles. The molecule has 2 nitrogen and oxygen atoms in total. The van der Waals surface area contributed by atoms with Crippen molar-refractivity contribution >= 4 is 0 Å². The summed E-state index contributed by atoms with van der Waals surface area (Å²) < 4.78 is 10.6. The van der Waals surface area contributed by atoms with Crippen molar-refractivity contribution in [2.24, 2.45) is 0 Å². The molecule has 0 bridgehead atoms. The first-order valence-corrected chi connectivity index (χ1v) is 6.50. The van der Waals surface area contributed by atoms with Crippen molar-refractivity contribution in [3.05, 3.63) is 0 Å².